The van der Waals surface area contributed by atoms with E-state index >= 15 is 0 Å². The van der Waals surface area contributed by atoms with E-state index in [2.05, 4.69) is 5.32 Å². The van der Waals surface area contributed by atoms with Crippen LogP contribution in [0.5, 0.6) is 11.5 Å². The lowest BCUT2D eigenvalue weighted by molar-refractivity contribution is -0.131. The van der Waals surface area contributed by atoms with Gasteiger partial charge in [0.1, 0.15) is 6.54 Å². The van der Waals surface area contributed by atoms with E-state index in [9.17, 15) is 9.59 Å². The maximum absolute atomic E-state index is 12.8. The molecule has 1 amide bonds. The fraction of sp³-hybridized carbons (Fsp3) is 0.444. The van der Waals surface area contributed by atoms with Crippen LogP contribution in [-0.2, 0) is 11.3 Å². The third-order valence-electron chi connectivity index (χ3n) is 4.49. The van der Waals surface area contributed by atoms with Crippen LogP contribution in [0, 0.1) is 0 Å². The number of rotatable bonds is 4. The summed E-state index contributed by atoms with van der Waals surface area (Å²) >= 11 is 0. The van der Waals surface area contributed by atoms with Gasteiger partial charge < -0.3 is 24.3 Å². The molecule has 1 fully saturated rings. The summed E-state index contributed by atoms with van der Waals surface area (Å²) in [7, 11) is 3.10. The number of hydrogen-bond donors (Lipinski definition) is 1. The second-order valence-corrected chi connectivity index (χ2v) is 6.00. The quantitative estimate of drug-likeness (QED) is 0.889. The van der Waals surface area contributed by atoms with Crippen LogP contribution in [-0.4, -0.2) is 55.8 Å². The van der Waals surface area contributed by atoms with Crippen molar-refractivity contribution in [2.45, 2.75) is 13.0 Å². The second kappa shape index (κ2) is 7.57. The Balaban J connectivity index is 1.91. The highest BCUT2D eigenvalue weighted by atomic mass is 16.5. The summed E-state index contributed by atoms with van der Waals surface area (Å²) in [6.45, 7) is 3.14. The van der Waals surface area contributed by atoms with Gasteiger partial charge in [-0.2, -0.15) is 0 Å². The Morgan fingerprint density at radius 1 is 1.12 bits per heavy atom. The molecule has 7 heteroatoms. The molecule has 0 aliphatic carbocycles. The lowest BCUT2D eigenvalue weighted by Gasteiger charge is -2.20. The number of nitrogens with zero attached hydrogens (tertiary/aromatic N) is 2. The Labute approximate surface area is 146 Å². The first-order valence-corrected chi connectivity index (χ1v) is 8.38. The molecular weight excluding hydrogens is 322 g/mol. The zero-order valence-electron chi connectivity index (χ0n) is 14.6. The van der Waals surface area contributed by atoms with Crippen LogP contribution in [0.4, 0.5) is 0 Å². The van der Waals surface area contributed by atoms with Crippen molar-refractivity contribution in [1.29, 1.82) is 0 Å². The van der Waals surface area contributed by atoms with Crippen LogP contribution < -0.4 is 20.3 Å². The highest BCUT2D eigenvalue weighted by Gasteiger charge is 2.18. The number of amides is 1. The molecule has 2 heterocycles. The van der Waals surface area contributed by atoms with E-state index in [1.165, 1.54) is 4.57 Å². The molecule has 0 unspecified atom stereocenters. The maximum atomic E-state index is 12.8. The smallest absolute Gasteiger partial charge is 0.259 e. The van der Waals surface area contributed by atoms with E-state index in [1.807, 2.05) is 4.90 Å². The van der Waals surface area contributed by atoms with Gasteiger partial charge in [-0.3, -0.25) is 9.59 Å². The molecule has 1 saturated heterocycles. The molecule has 0 bridgehead atoms. The Morgan fingerprint density at radius 3 is 2.72 bits per heavy atom. The van der Waals surface area contributed by atoms with Gasteiger partial charge in [-0.15, -0.1) is 0 Å². The van der Waals surface area contributed by atoms with Gasteiger partial charge in [0.05, 0.1) is 19.6 Å². The Kier molecular flexibility index (Phi) is 5.23. The number of ether oxygens (including phenoxy) is 2. The van der Waals surface area contributed by atoms with Crippen LogP contribution in [0.3, 0.4) is 0 Å². The van der Waals surface area contributed by atoms with Crippen LogP contribution in [0.1, 0.15) is 6.42 Å². The summed E-state index contributed by atoms with van der Waals surface area (Å²) < 4.78 is 12.1. The first-order chi connectivity index (χ1) is 12.2. The highest BCUT2D eigenvalue weighted by Crippen LogP contribution is 2.33. The topological polar surface area (TPSA) is 72.8 Å². The lowest BCUT2D eigenvalue weighted by Crippen LogP contribution is -2.38. The molecule has 1 aromatic heterocycles. The van der Waals surface area contributed by atoms with Crippen molar-refractivity contribution in [3.63, 3.8) is 0 Å². The number of carbonyl (C=O) groups excluding carboxylic acids is 1. The second-order valence-electron chi connectivity index (χ2n) is 6.00. The number of aromatic nitrogens is 1. The summed E-state index contributed by atoms with van der Waals surface area (Å²) in [5, 5.41) is 4.45. The van der Waals surface area contributed by atoms with Gasteiger partial charge >= 0.3 is 0 Å². The lowest BCUT2D eigenvalue weighted by atomic mass is 10.1. The zero-order chi connectivity index (χ0) is 17.8. The molecule has 0 radical (unpaired) electrons. The van der Waals surface area contributed by atoms with Gasteiger partial charge in [0.25, 0.3) is 5.56 Å². The van der Waals surface area contributed by atoms with Crippen LogP contribution in [0.2, 0.25) is 0 Å². The molecule has 3 rings (SSSR count). The minimum absolute atomic E-state index is 0.0365. The molecule has 0 spiro atoms. The third kappa shape index (κ3) is 3.46. The van der Waals surface area contributed by atoms with Crippen LogP contribution in [0.15, 0.2) is 29.2 Å². The van der Waals surface area contributed by atoms with E-state index < -0.39 is 0 Å². The zero-order valence-corrected chi connectivity index (χ0v) is 14.6. The summed E-state index contributed by atoms with van der Waals surface area (Å²) in [6, 6.07) is 5.19. The first-order valence-electron chi connectivity index (χ1n) is 8.38. The van der Waals surface area contributed by atoms with E-state index in [1.54, 1.807) is 38.6 Å². The number of fused-ring (bicyclic) bond motifs is 1. The largest absolute Gasteiger partial charge is 0.493 e. The molecule has 25 heavy (non-hydrogen) atoms. The molecule has 0 atom stereocenters. The highest BCUT2D eigenvalue weighted by molar-refractivity contribution is 5.90. The molecule has 134 valence electrons. The molecule has 1 aromatic carbocycles. The summed E-state index contributed by atoms with van der Waals surface area (Å²) in [6.07, 6.45) is 2.57. The number of hydrogen-bond acceptors (Lipinski definition) is 5. The minimum atomic E-state index is -0.209. The molecule has 0 saturated carbocycles. The summed E-state index contributed by atoms with van der Waals surface area (Å²) in [5.74, 6) is 1.06. The number of nitrogens with one attached hydrogen (secondary N) is 1. The van der Waals surface area contributed by atoms with Crippen molar-refractivity contribution < 1.29 is 14.3 Å². The standard InChI is InChI=1S/C18H23N3O4/c1-24-15-5-4-14-13(17(15)25-2)6-10-21(18(14)23)12-16(22)20-9-3-7-19-8-11-20/h4-6,10,19H,3,7-9,11-12H2,1-2H3. The van der Waals surface area contributed by atoms with E-state index in [-0.39, 0.29) is 18.0 Å². The van der Waals surface area contributed by atoms with E-state index in [0.29, 0.717) is 28.8 Å². The van der Waals surface area contributed by atoms with Crippen molar-refractivity contribution in [3.05, 3.63) is 34.7 Å². The Morgan fingerprint density at radius 2 is 1.96 bits per heavy atom. The van der Waals surface area contributed by atoms with Crippen LogP contribution in [0.25, 0.3) is 10.8 Å². The fourth-order valence-corrected chi connectivity index (χ4v) is 3.16. The van der Waals surface area contributed by atoms with Gasteiger partial charge in [0, 0.05) is 31.2 Å². The SMILES string of the molecule is COc1ccc2c(=O)n(CC(=O)N3CCCNCC3)ccc2c1OC. The van der Waals surface area contributed by atoms with Gasteiger partial charge in [-0.25, -0.2) is 0 Å². The van der Waals surface area contributed by atoms with Gasteiger partial charge in [0.15, 0.2) is 11.5 Å². The molecular formula is C18H23N3O4. The minimum Gasteiger partial charge on any atom is -0.493 e. The molecule has 1 N–H and O–H groups in total. The number of carbonyl (C=O) groups is 1. The van der Waals surface area contributed by atoms with Crippen molar-refractivity contribution in [2.24, 2.45) is 0 Å². The normalized spacial score (nSPS) is 15.0. The number of pyridine rings is 1. The van der Waals surface area contributed by atoms with E-state index in [4.69, 9.17) is 9.47 Å². The molecule has 7 nitrogen and oxygen atoms in total. The van der Waals surface area contributed by atoms with Gasteiger partial charge in [0.2, 0.25) is 5.91 Å². The predicted octanol–water partition coefficient (Wildman–Crippen LogP) is 0.841. The van der Waals surface area contributed by atoms with Crippen LogP contribution >= 0.6 is 0 Å². The van der Waals surface area contributed by atoms with Crippen molar-refractivity contribution in [2.75, 3.05) is 40.4 Å². The average molecular weight is 345 g/mol. The van der Waals surface area contributed by atoms with E-state index in [0.717, 1.165) is 26.1 Å². The Bertz CT molecular complexity index is 823. The third-order valence-corrected chi connectivity index (χ3v) is 4.49. The number of benzene rings is 1. The maximum Gasteiger partial charge on any atom is 0.259 e. The van der Waals surface area contributed by atoms with Crippen molar-refractivity contribution >= 4 is 16.7 Å². The fourth-order valence-electron chi connectivity index (χ4n) is 3.16. The average Bonchev–Trinajstić information content (AvgIpc) is 2.92. The van der Waals surface area contributed by atoms with Gasteiger partial charge in [-0.05, 0) is 31.2 Å². The summed E-state index contributed by atoms with van der Waals surface area (Å²) in [4.78, 5) is 27.1. The molecule has 1 aliphatic rings. The van der Waals surface area contributed by atoms with Crippen molar-refractivity contribution in [3.8, 4) is 11.5 Å². The number of methoxy groups -OCH3 is 2. The Hall–Kier alpha value is -2.54. The summed E-state index contributed by atoms with van der Waals surface area (Å²) in [5.41, 5.74) is -0.209. The molecule has 1 aliphatic heterocycles. The van der Waals surface area contributed by atoms with Crippen molar-refractivity contribution in [1.82, 2.24) is 14.8 Å². The first kappa shape index (κ1) is 17.3. The monoisotopic (exact) mass is 345 g/mol. The van der Waals surface area contributed by atoms with Gasteiger partial charge in [-0.1, -0.05) is 0 Å². The predicted molar refractivity (Wildman–Crippen MR) is 95.4 cm³/mol. The molecule has 2 aromatic rings.